The fourth-order valence-corrected chi connectivity index (χ4v) is 10.4. The lowest BCUT2D eigenvalue weighted by Gasteiger charge is -2.44. The van der Waals surface area contributed by atoms with Crippen molar-refractivity contribution in [3.63, 3.8) is 0 Å². The molecular formula is C26H28O3P+. The van der Waals surface area contributed by atoms with Gasteiger partial charge in [0.15, 0.2) is 0 Å². The second kappa shape index (κ2) is 8.34. The van der Waals surface area contributed by atoms with Crippen molar-refractivity contribution in [2.24, 2.45) is 5.92 Å². The second-order valence-electron chi connectivity index (χ2n) is 8.24. The van der Waals surface area contributed by atoms with Crippen molar-refractivity contribution in [3.05, 3.63) is 91.0 Å². The lowest BCUT2D eigenvalue weighted by Crippen LogP contribution is -2.50. The quantitative estimate of drug-likeness (QED) is 0.442. The first-order chi connectivity index (χ1) is 14.5. The molecule has 1 aliphatic heterocycles. The lowest BCUT2D eigenvalue weighted by molar-refractivity contribution is -0.162. The number of esters is 1. The first-order valence-corrected chi connectivity index (χ1v) is 12.1. The highest BCUT2D eigenvalue weighted by atomic mass is 31.2. The van der Waals surface area contributed by atoms with E-state index in [0.717, 1.165) is 0 Å². The zero-order chi connectivity index (χ0) is 21.2. The van der Waals surface area contributed by atoms with Crippen LogP contribution in [0.25, 0.3) is 0 Å². The van der Waals surface area contributed by atoms with Crippen molar-refractivity contribution in [1.29, 1.82) is 0 Å². The molecule has 0 saturated carbocycles. The molecule has 2 atom stereocenters. The van der Waals surface area contributed by atoms with Crippen LogP contribution in [0, 0.1) is 5.92 Å². The molecule has 3 aromatic rings. The summed E-state index contributed by atoms with van der Waals surface area (Å²) in [5.74, 6) is -0.254. The van der Waals surface area contributed by atoms with E-state index in [9.17, 15) is 4.79 Å². The topological polar surface area (TPSA) is 35.5 Å². The highest BCUT2D eigenvalue weighted by Crippen LogP contribution is 2.69. The third-order valence-corrected chi connectivity index (χ3v) is 11.7. The monoisotopic (exact) mass is 419 g/mol. The molecule has 4 heteroatoms. The molecule has 0 spiro atoms. The highest BCUT2D eigenvalue weighted by molar-refractivity contribution is 7.96. The Morgan fingerprint density at radius 3 is 1.57 bits per heavy atom. The Morgan fingerprint density at radius 2 is 1.20 bits per heavy atom. The molecule has 154 valence electrons. The van der Waals surface area contributed by atoms with Crippen molar-refractivity contribution in [3.8, 4) is 0 Å². The third kappa shape index (κ3) is 3.27. The molecule has 3 aromatic carbocycles. The number of hydrogen-bond acceptors (Lipinski definition) is 3. The molecule has 1 saturated heterocycles. The third-order valence-electron chi connectivity index (χ3n) is 6.40. The Hall–Kier alpha value is -2.48. The van der Waals surface area contributed by atoms with Crippen LogP contribution in [-0.4, -0.2) is 24.5 Å². The van der Waals surface area contributed by atoms with Crippen LogP contribution in [-0.2, 0) is 14.3 Å². The molecule has 0 radical (unpaired) electrons. The maximum absolute atomic E-state index is 12.3. The molecule has 0 aromatic heterocycles. The summed E-state index contributed by atoms with van der Waals surface area (Å²) < 4.78 is 11.2. The van der Waals surface area contributed by atoms with Crippen LogP contribution in [0.15, 0.2) is 91.0 Å². The van der Waals surface area contributed by atoms with Gasteiger partial charge in [0.2, 0.25) is 6.29 Å². The summed E-state index contributed by atoms with van der Waals surface area (Å²) >= 11 is 0. The number of carbonyl (C=O) groups is 1. The van der Waals surface area contributed by atoms with Gasteiger partial charge >= 0.3 is 5.97 Å². The molecule has 1 aliphatic rings. The summed E-state index contributed by atoms with van der Waals surface area (Å²) in [5, 5.41) is 3.58. The maximum atomic E-state index is 12.3. The first-order valence-electron chi connectivity index (χ1n) is 10.3. The van der Waals surface area contributed by atoms with Crippen molar-refractivity contribution >= 4 is 29.1 Å². The predicted octanol–water partition coefficient (Wildman–Crippen LogP) is 4.29. The zero-order valence-electron chi connectivity index (χ0n) is 17.7. The van der Waals surface area contributed by atoms with E-state index in [1.807, 2.05) is 0 Å². The molecular weight excluding hydrogens is 391 g/mol. The minimum atomic E-state index is -2.19. The minimum Gasteiger partial charge on any atom is -0.435 e. The van der Waals surface area contributed by atoms with Crippen LogP contribution >= 0.6 is 7.26 Å². The van der Waals surface area contributed by atoms with Crippen molar-refractivity contribution in [2.45, 2.75) is 31.7 Å². The fraction of sp³-hybridized carbons (Fsp3) is 0.269. The van der Waals surface area contributed by atoms with E-state index in [0.29, 0.717) is 6.42 Å². The Morgan fingerprint density at radius 1 is 0.800 bits per heavy atom. The van der Waals surface area contributed by atoms with Gasteiger partial charge in [0, 0.05) is 7.11 Å². The van der Waals surface area contributed by atoms with Crippen LogP contribution in [0.2, 0.25) is 0 Å². The Kier molecular flexibility index (Phi) is 5.77. The molecule has 1 heterocycles. The summed E-state index contributed by atoms with van der Waals surface area (Å²) in [6, 6.07) is 32.2. The standard InChI is InChI=1S/C26H28O3P/c1-26(2,23-19-24(27)29-25(23)28-3)30(20-13-7-4-8-14-20,21-15-9-5-10-16-21)22-17-11-6-12-18-22/h4-18,23,25H,19H2,1-3H3/q+1. The molecule has 0 N–H and O–H groups in total. The lowest BCUT2D eigenvalue weighted by atomic mass is 9.92. The Bertz CT molecular complexity index is 890. The number of ether oxygens (including phenoxy) is 2. The van der Waals surface area contributed by atoms with Gasteiger partial charge < -0.3 is 9.47 Å². The zero-order valence-corrected chi connectivity index (χ0v) is 18.6. The summed E-state index contributed by atoms with van der Waals surface area (Å²) in [7, 11) is -0.570. The van der Waals surface area contributed by atoms with Gasteiger partial charge in [-0.3, -0.25) is 4.79 Å². The SMILES string of the molecule is COC1OC(=O)CC1C(C)(C)[P+](c1ccccc1)(c1ccccc1)c1ccccc1. The average molecular weight is 419 g/mol. The molecule has 0 amide bonds. The first kappa shape index (κ1) is 20.8. The van der Waals surface area contributed by atoms with E-state index >= 15 is 0 Å². The predicted molar refractivity (Wildman–Crippen MR) is 124 cm³/mol. The minimum absolute atomic E-state index is 0.0658. The summed E-state index contributed by atoms with van der Waals surface area (Å²) in [6.07, 6.45) is -0.178. The molecule has 4 rings (SSSR count). The summed E-state index contributed by atoms with van der Waals surface area (Å²) in [5.41, 5.74) is 0. The summed E-state index contributed by atoms with van der Waals surface area (Å²) in [4.78, 5) is 12.3. The van der Waals surface area contributed by atoms with E-state index in [1.165, 1.54) is 15.9 Å². The fourth-order valence-electron chi connectivity index (χ4n) is 4.98. The van der Waals surface area contributed by atoms with E-state index < -0.39 is 13.6 Å². The van der Waals surface area contributed by atoms with E-state index in [-0.39, 0.29) is 17.0 Å². The number of carbonyl (C=O) groups excluding carboxylic acids is 1. The normalized spacial score (nSPS) is 19.5. The van der Waals surface area contributed by atoms with Gasteiger partial charge in [0.25, 0.3) is 0 Å². The molecule has 1 fully saturated rings. The second-order valence-corrected chi connectivity index (χ2v) is 12.3. The van der Waals surface area contributed by atoms with Gasteiger partial charge in [-0.2, -0.15) is 0 Å². The smallest absolute Gasteiger partial charge is 0.308 e. The molecule has 0 aliphatic carbocycles. The largest absolute Gasteiger partial charge is 0.435 e. The number of hydrogen-bond donors (Lipinski definition) is 0. The van der Waals surface area contributed by atoms with Crippen LogP contribution in [0.3, 0.4) is 0 Å². The van der Waals surface area contributed by atoms with Gasteiger partial charge in [0.1, 0.15) is 23.2 Å². The van der Waals surface area contributed by atoms with Crippen LogP contribution in [0.4, 0.5) is 0 Å². The van der Waals surface area contributed by atoms with Gasteiger partial charge in [-0.1, -0.05) is 54.6 Å². The number of benzene rings is 3. The maximum Gasteiger partial charge on any atom is 0.308 e. The van der Waals surface area contributed by atoms with Gasteiger partial charge in [-0.05, 0) is 50.2 Å². The molecule has 3 nitrogen and oxygen atoms in total. The van der Waals surface area contributed by atoms with Crippen molar-refractivity contribution < 1.29 is 14.3 Å². The van der Waals surface area contributed by atoms with Crippen molar-refractivity contribution in [2.75, 3.05) is 7.11 Å². The highest BCUT2D eigenvalue weighted by Gasteiger charge is 2.64. The Balaban J connectivity index is 2.06. The van der Waals surface area contributed by atoms with E-state index in [4.69, 9.17) is 9.47 Å². The van der Waals surface area contributed by atoms with Crippen LogP contribution in [0.1, 0.15) is 20.3 Å². The molecule has 2 unspecified atom stereocenters. The summed E-state index contributed by atoms with van der Waals surface area (Å²) in [6.45, 7) is 4.57. The van der Waals surface area contributed by atoms with Gasteiger partial charge in [0.05, 0.1) is 17.5 Å². The van der Waals surface area contributed by atoms with E-state index in [1.54, 1.807) is 7.11 Å². The van der Waals surface area contributed by atoms with E-state index in [2.05, 4.69) is 105 Å². The van der Waals surface area contributed by atoms with Crippen LogP contribution in [0.5, 0.6) is 0 Å². The molecule has 0 bridgehead atoms. The Labute approximate surface area is 179 Å². The average Bonchev–Trinajstić information content (AvgIpc) is 3.18. The van der Waals surface area contributed by atoms with Crippen LogP contribution < -0.4 is 15.9 Å². The number of cyclic esters (lactones) is 1. The van der Waals surface area contributed by atoms with Gasteiger partial charge in [-0.25, -0.2) is 0 Å². The number of methoxy groups -OCH3 is 1. The number of rotatable bonds is 6. The molecule has 30 heavy (non-hydrogen) atoms. The van der Waals surface area contributed by atoms with Crippen molar-refractivity contribution in [1.82, 2.24) is 0 Å². The van der Waals surface area contributed by atoms with Gasteiger partial charge in [-0.15, -0.1) is 0 Å².